The molecule has 1 aromatic carbocycles. The van der Waals surface area contributed by atoms with E-state index in [-0.39, 0.29) is 23.4 Å². The molecule has 2 aliphatic carbocycles. The second-order valence-corrected chi connectivity index (χ2v) is 10.7. The van der Waals surface area contributed by atoms with Crippen molar-refractivity contribution in [3.8, 4) is 5.75 Å². The Kier molecular flexibility index (Phi) is 9.79. The normalized spacial score (nSPS) is 17.1. The van der Waals surface area contributed by atoms with Gasteiger partial charge in [-0.2, -0.15) is 0 Å². The Morgan fingerprint density at radius 2 is 1.70 bits per heavy atom. The van der Waals surface area contributed by atoms with E-state index >= 15 is 0 Å². The summed E-state index contributed by atoms with van der Waals surface area (Å²) < 4.78 is 5.24. The number of H-pyrrole nitrogens is 1. The summed E-state index contributed by atoms with van der Waals surface area (Å²) >= 11 is 0. The van der Waals surface area contributed by atoms with Crippen LogP contribution >= 0.6 is 0 Å². The molecule has 2 aromatic rings. The van der Waals surface area contributed by atoms with Gasteiger partial charge in [0.05, 0.1) is 12.7 Å². The zero-order chi connectivity index (χ0) is 28.6. The van der Waals surface area contributed by atoms with Gasteiger partial charge >= 0.3 is 5.97 Å². The number of aromatic nitrogens is 1. The van der Waals surface area contributed by atoms with Crippen LogP contribution in [0.2, 0.25) is 0 Å². The van der Waals surface area contributed by atoms with Crippen molar-refractivity contribution in [1.29, 1.82) is 0 Å². The van der Waals surface area contributed by atoms with Crippen molar-refractivity contribution < 1.29 is 33.8 Å². The van der Waals surface area contributed by atoms with Crippen LogP contribution in [0.3, 0.4) is 0 Å². The van der Waals surface area contributed by atoms with E-state index in [0.29, 0.717) is 29.5 Å². The van der Waals surface area contributed by atoms with E-state index in [1.165, 1.54) is 13.3 Å². The molecule has 40 heavy (non-hydrogen) atoms. The third kappa shape index (κ3) is 7.00. The Morgan fingerprint density at radius 1 is 1.02 bits per heavy atom. The quantitative estimate of drug-likeness (QED) is 0.246. The van der Waals surface area contributed by atoms with Crippen LogP contribution in [-0.4, -0.2) is 76.7 Å². The molecule has 2 saturated carbocycles. The maximum atomic E-state index is 13.9. The minimum absolute atomic E-state index is 0.0237. The Balaban J connectivity index is 1.67. The van der Waals surface area contributed by atoms with Crippen molar-refractivity contribution in [2.75, 3.05) is 20.2 Å². The number of carboxylic acid groups (broad SMARTS) is 1. The molecule has 3 amide bonds. The molecule has 1 aromatic heterocycles. The van der Waals surface area contributed by atoms with Gasteiger partial charge in [-0.3, -0.25) is 24.0 Å². The number of nitrogens with zero attached hydrogens (tertiary/aromatic N) is 1. The van der Waals surface area contributed by atoms with Crippen LogP contribution in [-0.2, 0) is 19.2 Å². The molecule has 0 aliphatic heterocycles. The number of carbonyl (C=O) groups excluding carboxylic acids is 4. The second kappa shape index (κ2) is 13.5. The molecule has 11 heteroatoms. The first-order valence-corrected chi connectivity index (χ1v) is 14.1. The third-order valence-electron chi connectivity index (χ3n) is 7.99. The van der Waals surface area contributed by atoms with E-state index in [2.05, 4.69) is 15.6 Å². The summed E-state index contributed by atoms with van der Waals surface area (Å²) in [6.07, 6.45) is 10.4. The molecule has 1 unspecified atom stereocenters. The van der Waals surface area contributed by atoms with Gasteiger partial charge in [-0.05, 0) is 43.7 Å². The standard InChI is InChI=1S/C29H38N4O7/c1-40-20-12-13-21-22(15-30-23(21)14-20)27(37)29(39)33(17-24(34)31-16-25(35)36)26(18-8-4-2-5-9-18)28(38)32-19-10-6-3-7-11-19/h12-15,18-19,26,30H,2-11,16-17H2,1H3,(H,31,34)(H,32,38)(H,35,36). The Labute approximate surface area is 233 Å². The number of aliphatic carboxylic acids is 1. The molecular weight excluding hydrogens is 516 g/mol. The number of Topliss-reactive ketones (excluding diaryl/α,β-unsaturated/α-hetero) is 1. The lowest BCUT2D eigenvalue weighted by Crippen LogP contribution is -2.59. The molecule has 4 rings (SSSR count). The summed E-state index contributed by atoms with van der Waals surface area (Å²) in [5.41, 5.74) is 0.716. The van der Waals surface area contributed by atoms with Crippen LogP contribution in [0, 0.1) is 5.92 Å². The van der Waals surface area contributed by atoms with Crippen molar-refractivity contribution in [1.82, 2.24) is 20.5 Å². The van der Waals surface area contributed by atoms with Gasteiger partial charge in [0.1, 0.15) is 24.9 Å². The summed E-state index contributed by atoms with van der Waals surface area (Å²) in [7, 11) is 1.52. The van der Waals surface area contributed by atoms with Crippen molar-refractivity contribution in [3.63, 3.8) is 0 Å². The van der Waals surface area contributed by atoms with Gasteiger partial charge < -0.3 is 30.4 Å². The number of benzene rings is 1. The maximum Gasteiger partial charge on any atom is 0.322 e. The van der Waals surface area contributed by atoms with E-state index in [4.69, 9.17) is 9.84 Å². The van der Waals surface area contributed by atoms with Gasteiger partial charge in [0.15, 0.2) is 0 Å². The highest BCUT2D eigenvalue weighted by atomic mass is 16.5. The Bertz CT molecular complexity index is 1240. The number of nitrogens with one attached hydrogen (secondary N) is 3. The smallest absolute Gasteiger partial charge is 0.322 e. The molecule has 0 bridgehead atoms. The van der Waals surface area contributed by atoms with Gasteiger partial charge in [-0.15, -0.1) is 0 Å². The second-order valence-electron chi connectivity index (χ2n) is 10.7. The van der Waals surface area contributed by atoms with E-state index < -0.39 is 42.7 Å². The van der Waals surface area contributed by atoms with Gasteiger partial charge in [-0.25, -0.2) is 0 Å². The van der Waals surface area contributed by atoms with Crippen LogP contribution in [0.4, 0.5) is 0 Å². The highest BCUT2D eigenvalue weighted by Gasteiger charge is 2.41. The summed E-state index contributed by atoms with van der Waals surface area (Å²) in [6.45, 7) is -1.24. The van der Waals surface area contributed by atoms with Crippen LogP contribution in [0.25, 0.3) is 10.9 Å². The average Bonchev–Trinajstić information content (AvgIpc) is 3.39. The Morgan fingerprint density at radius 3 is 2.35 bits per heavy atom. The summed E-state index contributed by atoms with van der Waals surface area (Å²) in [6, 6.07) is 4.00. The first-order chi connectivity index (χ1) is 19.3. The topological polar surface area (TPSA) is 158 Å². The van der Waals surface area contributed by atoms with Crippen molar-refractivity contribution in [2.24, 2.45) is 5.92 Å². The molecule has 0 saturated heterocycles. The molecule has 1 heterocycles. The fraction of sp³-hybridized carbons (Fsp3) is 0.552. The number of methoxy groups -OCH3 is 1. The van der Waals surface area contributed by atoms with Crippen molar-refractivity contribution in [3.05, 3.63) is 30.0 Å². The first kappa shape index (κ1) is 29.1. The third-order valence-corrected chi connectivity index (χ3v) is 7.99. The van der Waals surface area contributed by atoms with E-state index in [1.54, 1.807) is 18.2 Å². The fourth-order valence-electron chi connectivity index (χ4n) is 5.94. The SMILES string of the molecule is COc1ccc2c(C(=O)C(=O)N(CC(=O)NCC(=O)O)C(C(=O)NC3CCCCC3)C3CCCCC3)c[nH]c2c1. The molecule has 2 aliphatic rings. The van der Waals surface area contributed by atoms with Crippen molar-refractivity contribution in [2.45, 2.75) is 76.3 Å². The number of fused-ring (bicyclic) bond motifs is 1. The lowest BCUT2D eigenvalue weighted by Gasteiger charge is -2.38. The summed E-state index contributed by atoms with van der Waals surface area (Å²) in [5.74, 6) is -3.84. The van der Waals surface area contributed by atoms with E-state index in [9.17, 15) is 24.0 Å². The number of carboxylic acids is 1. The highest BCUT2D eigenvalue weighted by molar-refractivity contribution is 6.45. The van der Waals surface area contributed by atoms with E-state index in [1.807, 2.05) is 0 Å². The van der Waals surface area contributed by atoms with E-state index in [0.717, 1.165) is 56.3 Å². The maximum absolute atomic E-state index is 13.9. The number of hydrogen-bond donors (Lipinski definition) is 4. The molecule has 0 radical (unpaired) electrons. The monoisotopic (exact) mass is 554 g/mol. The predicted molar refractivity (Wildman–Crippen MR) is 147 cm³/mol. The summed E-state index contributed by atoms with van der Waals surface area (Å²) in [5, 5.41) is 14.9. The fourth-order valence-corrected chi connectivity index (χ4v) is 5.94. The van der Waals surface area contributed by atoms with Crippen LogP contribution in [0.15, 0.2) is 24.4 Å². The molecule has 1 atom stereocenters. The van der Waals surface area contributed by atoms with Crippen LogP contribution < -0.4 is 15.4 Å². The number of amides is 3. The van der Waals surface area contributed by atoms with Gasteiger partial charge in [0.25, 0.3) is 11.7 Å². The van der Waals surface area contributed by atoms with Crippen LogP contribution in [0.5, 0.6) is 5.75 Å². The van der Waals surface area contributed by atoms with Gasteiger partial charge in [0.2, 0.25) is 11.8 Å². The lowest BCUT2D eigenvalue weighted by molar-refractivity contribution is -0.144. The number of ketones is 1. The molecule has 0 spiro atoms. The number of carbonyl (C=O) groups is 5. The van der Waals surface area contributed by atoms with Crippen molar-refractivity contribution >= 4 is 40.4 Å². The average molecular weight is 555 g/mol. The number of rotatable bonds is 11. The zero-order valence-electron chi connectivity index (χ0n) is 22.9. The summed E-state index contributed by atoms with van der Waals surface area (Å²) in [4.78, 5) is 69.3. The van der Waals surface area contributed by atoms with Crippen LogP contribution in [0.1, 0.15) is 74.6 Å². The number of ether oxygens (including phenoxy) is 1. The first-order valence-electron chi connectivity index (χ1n) is 14.1. The molecule has 4 N–H and O–H groups in total. The number of hydrogen-bond acceptors (Lipinski definition) is 6. The Hall–Kier alpha value is -3.89. The van der Waals surface area contributed by atoms with Gasteiger partial charge in [0, 0.05) is 29.2 Å². The van der Waals surface area contributed by atoms with Gasteiger partial charge in [-0.1, -0.05) is 38.5 Å². The lowest BCUT2D eigenvalue weighted by atomic mass is 9.82. The number of aromatic amines is 1. The molecule has 11 nitrogen and oxygen atoms in total. The molecule has 216 valence electrons. The minimum atomic E-state index is -1.24. The largest absolute Gasteiger partial charge is 0.497 e. The molecule has 2 fully saturated rings. The zero-order valence-corrected chi connectivity index (χ0v) is 22.9. The minimum Gasteiger partial charge on any atom is -0.497 e. The highest BCUT2D eigenvalue weighted by Crippen LogP contribution is 2.31. The molecular formula is C29H38N4O7. The predicted octanol–water partition coefficient (Wildman–Crippen LogP) is 2.79.